The van der Waals surface area contributed by atoms with Crippen LogP contribution in [-0.2, 0) is 0 Å². The van der Waals surface area contributed by atoms with Gasteiger partial charge in [-0.1, -0.05) is 24.3 Å². The third-order valence-electron chi connectivity index (χ3n) is 4.24. The van der Waals surface area contributed by atoms with E-state index in [4.69, 9.17) is 0 Å². The van der Waals surface area contributed by atoms with Crippen LogP contribution in [0.25, 0.3) is 21.5 Å². The largest absolute Gasteiger partial charge is 0.0584 e. The maximum absolute atomic E-state index is 2.33. The van der Waals surface area contributed by atoms with Crippen LogP contribution in [0.15, 0.2) is 36.4 Å². The Morgan fingerprint density at radius 3 is 1.33 bits per heavy atom. The highest BCUT2D eigenvalue weighted by molar-refractivity contribution is 6.01. The van der Waals surface area contributed by atoms with Crippen LogP contribution in [-0.4, -0.2) is 0 Å². The summed E-state index contributed by atoms with van der Waals surface area (Å²) in [6, 6.07) is 13.6. The van der Waals surface area contributed by atoms with Crippen LogP contribution in [0, 0.1) is 27.7 Å². The molecule has 3 aromatic carbocycles. The normalized spacial score (nSPS) is 11.3. The molecular formula is C18H18. The fourth-order valence-corrected chi connectivity index (χ4v) is 2.66. The van der Waals surface area contributed by atoms with E-state index in [0.29, 0.717) is 0 Å². The summed E-state index contributed by atoms with van der Waals surface area (Å²) in [5.74, 6) is 0. The first-order chi connectivity index (χ1) is 8.58. The average Bonchev–Trinajstić information content (AvgIpc) is 2.38. The van der Waals surface area contributed by atoms with E-state index in [-0.39, 0.29) is 0 Å². The first-order valence-electron chi connectivity index (χ1n) is 6.48. The summed E-state index contributed by atoms with van der Waals surface area (Å²) >= 11 is 0. The van der Waals surface area contributed by atoms with Gasteiger partial charge in [0.05, 0.1) is 0 Å². The van der Waals surface area contributed by atoms with Crippen molar-refractivity contribution in [3.05, 3.63) is 58.7 Å². The quantitative estimate of drug-likeness (QED) is 0.467. The molecule has 0 aliphatic rings. The van der Waals surface area contributed by atoms with Crippen molar-refractivity contribution >= 4 is 21.5 Å². The van der Waals surface area contributed by atoms with E-state index < -0.39 is 0 Å². The highest BCUT2D eigenvalue weighted by atomic mass is 14.1. The molecule has 0 atom stereocenters. The van der Waals surface area contributed by atoms with Crippen LogP contribution in [0.5, 0.6) is 0 Å². The minimum atomic E-state index is 1.35. The van der Waals surface area contributed by atoms with Gasteiger partial charge in [0, 0.05) is 0 Å². The molecule has 0 aromatic heterocycles. The van der Waals surface area contributed by atoms with Crippen molar-refractivity contribution in [3.8, 4) is 0 Å². The highest BCUT2D eigenvalue weighted by Gasteiger charge is 2.05. The zero-order chi connectivity index (χ0) is 12.9. The summed E-state index contributed by atoms with van der Waals surface area (Å²) in [5.41, 5.74) is 5.52. The smallest absolute Gasteiger partial charge is 0.0146 e. The molecule has 0 heterocycles. The molecule has 0 nitrogen and oxygen atoms in total. The van der Waals surface area contributed by atoms with E-state index in [9.17, 15) is 0 Å². The molecule has 0 aliphatic heterocycles. The van der Waals surface area contributed by atoms with Gasteiger partial charge in [0.2, 0.25) is 0 Å². The number of fused-ring (bicyclic) bond motifs is 2. The Hall–Kier alpha value is -1.82. The average molecular weight is 234 g/mol. The van der Waals surface area contributed by atoms with Gasteiger partial charge in [-0.05, 0) is 83.6 Å². The van der Waals surface area contributed by atoms with E-state index in [0.717, 1.165) is 0 Å². The summed E-state index contributed by atoms with van der Waals surface area (Å²) in [5, 5.41) is 5.45. The fourth-order valence-electron chi connectivity index (χ4n) is 2.66. The molecular weight excluding hydrogens is 216 g/mol. The van der Waals surface area contributed by atoms with E-state index in [2.05, 4.69) is 64.1 Å². The molecule has 0 radical (unpaired) electrons. The summed E-state index contributed by atoms with van der Waals surface area (Å²) in [4.78, 5) is 0. The number of benzene rings is 3. The Morgan fingerprint density at radius 2 is 0.944 bits per heavy atom. The summed E-state index contributed by atoms with van der Waals surface area (Å²) in [7, 11) is 0. The van der Waals surface area contributed by atoms with Crippen molar-refractivity contribution < 1.29 is 0 Å². The molecule has 0 spiro atoms. The summed E-state index contributed by atoms with van der Waals surface area (Å²) < 4.78 is 0. The van der Waals surface area contributed by atoms with Crippen molar-refractivity contribution in [2.75, 3.05) is 0 Å². The Labute approximate surface area is 108 Å². The molecule has 0 heteroatoms. The minimum absolute atomic E-state index is 1.35. The van der Waals surface area contributed by atoms with E-state index in [1.807, 2.05) is 0 Å². The SMILES string of the molecule is Cc1ccc2cc3c(C)c(C)ccc3cc2c1C. The highest BCUT2D eigenvalue weighted by Crippen LogP contribution is 2.29. The molecule has 90 valence electrons. The van der Waals surface area contributed by atoms with Gasteiger partial charge < -0.3 is 0 Å². The maximum Gasteiger partial charge on any atom is -0.0146 e. The predicted octanol–water partition coefficient (Wildman–Crippen LogP) is 5.23. The standard InChI is InChI=1S/C18H18/c1-11-5-7-15-10-18-14(4)12(2)6-8-16(18)9-17(15)13(11)3/h5-10H,1-4H3. The number of aryl methyl sites for hydroxylation is 4. The number of hydrogen-bond donors (Lipinski definition) is 0. The lowest BCUT2D eigenvalue weighted by molar-refractivity contribution is 1.37. The summed E-state index contributed by atoms with van der Waals surface area (Å²) in [6.45, 7) is 8.79. The second kappa shape index (κ2) is 3.84. The van der Waals surface area contributed by atoms with Crippen molar-refractivity contribution in [3.63, 3.8) is 0 Å². The van der Waals surface area contributed by atoms with Gasteiger partial charge in [-0.2, -0.15) is 0 Å². The molecule has 0 unspecified atom stereocenters. The Balaban J connectivity index is 2.51. The molecule has 0 N–H and O–H groups in total. The molecule has 3 aromatic rings. The van der Waals surface area contributed by atoms with E-state index in [1.165, 1.54) is 43.8 Å². The van der Waals surface area contributed by atoms with Gasteiger partial charge in [-0.15, -0.1) is 0 Å². The molecule has 0 amide bonds. The molecule has 0 bridgehead atoms. The zero-order valence-corrected chi connectivity index (χ0v) is 11.5. The van der Waals surface area contributed by atoms with Gasteiger partial charge in [-0.25, -0.2) is 0 Å². The van der Waals surface area contributed by atoms with Gasteiger partial charge in [0.15, 0.2) is 0 Å². The lowest BCUT2D eigenvalue weighted by atomic mass is 9.94. The second-order valence-electron chi connectivity index (χ2n) is 5.31. The Kier molecular flexibility index (Phi) is 2.41. The lowest BCUT2D eigenvalue weighted by Gasteiger charge is -2.10. The maximum atomic E-state index is 2.33. The number of rotatable bonds is 0. The number of hydrogen-bond acceptors (Lipinski definition) is 0. The van der Waals surface area contributed by atoms with Gasteiger partial charge in [0.1, 0.15) is 0 Å². The van der Waals surface area contributed by atoms with Crippen molar-refractivity contribution in [1.82, 2.24) is 0 Å². The van der Waals surface area contributed by atoms with Crippen LogP contribution in [0.2, 0.25) is 0 Å². The van der Waals surface area contributed by atoms with Crippen LogP contribution in [0.1, 0.15) is 22.3 Å². The second-order valence-corrected chi connectivity index (χ2v) is 5.31. The van der Waals surface area contributed by atoms with Crippen LogP contribution in [0.3, 0.4) is 0 Å². The van der Waals surface area contributed by atoms with Crippen molar-refractivity contribution in [2.24, 2.45) is 0 Å². The van der Waals surface area contributed by atoms with Gasteiger partial charge >= 0.3 is 0 Å². The molecule has 0 saturated heterocycles. The van der Waals surface area contributed by atoms with Crippen molar-refractivity contribution in [1.29, 1.82) is 0 Å². The monoisotopic (exact) mass is 234 g/mol. The minimum Gasteiger partial charge on any atom is -0.0584 e. The predicted molar refractivity (Wildman–Crippen MR) is 80.4 cm³/mol. The summed E-state index contributed by atoms with van der Waals surface area (Å²) in [6.07, 6.45) is 0. The third-order valence-corrected chi connectivity index (χ3v) is 4.24. The van der Waals surface area contributed by atoms with Gasteiger partial charge in [-0.3, -0.25) is 0 Å². The van der Waals surface area contributed by atoms with Gasteiger partial charge in [0.25, 0.3) is 0 Å². The van der Waals surface area contributed by atoms with Crippen LogP contribution < -0.4 is 0 Å². The van der Waals surface area contributed by atoms with E-state index >= 15 is 0 Å². The van der Waals surface area contributed by atoms with E-state index in [1.54, 1.807) is 0 Å². The first-order valence-corrected chi connectivity index (χ1v) is 6.48. The van der Waals surface area contributed by atoms with Crippen LogP contribution in [0.4, 0.5) is 0 Å². The molecule has 18 heavy (non-hydrogen) atoms. The lowest BCUT2D eigenvalue weighted by Crippen LogP contribution is -1.87. The first kappa shape index (κ1) is 11.3. The molecule has 0 aliphatic carbocycles. The fraction of sp³-hybridized carbons (Fsp3) is 0.222. The van der Waals surface area contributed by atoms with Crippen molar-refractivity contribution in [2.45, 2.75) is 27.7 Å². The molecule has 0 fully saturated rings. The van der Waals surface area contributed by atoms with Crippen LogP contribution >= 0.6 is 0 Å². The molecule has 3 rings (SSSR count). The Morgan fingerprint density at radius 1 is 0.556 bits per heavy atom. The third kappa shape index (κ3) is 1.53. The zero-order valence-electron chi connectivity index (χ0n) is 11.5. The topological polar surface area (TPSA) is 0 Å². The molecule has 0 saturated carbocycles. The Bertz CT molecular complexity index is 696.